The number of unbranched alkanes of at least 4 members (excludes halogenated alkanes) is 14. The van der Waals surface area contributed by atoms with E-state index in [-0.39, 0.29) is 6.04 Å². The molecule has 0 saturated heterocycles. The lowest BCUT2D eigenvalue weighted by atomic mass is 10.0. The molecular weight excluding hydrogens is 368 g/mol. The summed E-state index contributed by atoms with van der Waals surface area (Å²) in [6, 6.07) is 1.20. The highest BCUT2D eigenvalue weighted by Gasteiger charge is 2.05. The zero-order valence-corrected chi connectivity index (χ0v) is 21.2. The molecule has 0 radical (unpaired) electrons. The second-order valence-corrected chi connectivity index (χ2v) is 9.75. The molecule has 0 heterocycles. The van der Waals surface area contributed by atoms with Gasteiger partial charge in [0.15, 0.2) is 0 Å². The molecule has 0 fully saturated rings. The lowest BCUT2D eigenvalue weighted by Gasteiger charge is -2.20. The molecule has 0 aliphatic carbocycles. The summed E-state index contributed by atoms with van der Waals surface area (Å²) in [5.41, 5.74) is 5.78. The van der Waals surface area contributed by atoms with Crippen LogP contribution in [0.15, 0.2) is 0 Å². The molecule has 4 heteroatoms. The van der Waals surface area contributed by atoms with Gasteiger partial charge in [-0.1, -0.05) is 96.8 Å². The molecule has 0 aliphatic rings. The average molecular weight is 427 g/mol. The summed E-state index contributed by atoms with van der Waals surface area (Å²) in [4.78, 5) is 0. The standard InChI is InChI=1S/C26H58N4/c1-5-6-7-8-9-10-11-12-13-14-15-16-17-18-19-20-28-22-25(3)30-23-26(4)29-21-24(2)27/h24-26,28-30H,5-23,27H2,1-4H3. The van der Waals surface area contributed by atoms with Gasteiger partial charge in [0, 0.05) is 37.8 Å². The van der Waals surface area contributed by atoms with E-state index in [1.54, 1.807) is 0 Å². The number of hydrogen-bond acceptors (Lipinski definition) is 4. The van der Waals surface area contributed by atoms with E-state index in [0.717, 1.165) is 26.2 Å². The highest BCUT2D eigenvalue weighted by Crippen LogP contribution is 2.13. The van der Waals surface area contributed by atoms with E-state index in [1.807, 2.05) is 6.92 Å². The van der Waals surface area contributed by atoms with Crippen molar-refractivity contribution in [1.82, 2.24) is 16.0 Å². The molecule has 0 aromatic carbocycles. The van der Waals surface area contributed by atoms with Gasteiger partial charge in [-0.05, 0) is 33.7 Å². The fourth-order valence-electron chi connectivity index (χ4n) is 3.85. The SMILES string of the molecule is CCCCCCCCCCCCCCCCCNCC(C)NCC(C)NCC(C)N. The van der Waals surface area contributed by atoms with Crippen molar-refractivity contribution in [3.8, 4) is 0 Å². The van der Waals surface area contributed by atoms with Crippen molar-refractivity contribution in [2.45, 2.75) is 142 Å². The van der Waals surface area contributed by atoms with Gasteiger partial charge >= 0.3 is 0 Å². The Bertz CT molecular complexity index is 322. The van der Waals surface area contributed by atoms with Crippen LogP contribution in [0, 0.1) is 0 Å². The van der Waals surface area contributed by atoms with E-state index >= 15 is 0 Å². The summed E-state index contributed by atoms with van der Waals surface area (Å²) in [6.45, 7) is 12.9. The third-order valence-corrected chi connectivity index (χ3v) is 5.97. The molecule has 3 unspecified atom stereocenters. The first-order chi connectivity index (χ1) is 14.6. The van der Waals surface area contributed by atoms with Crippen LogP contribution in [0.1, 0.15) is 124 Å². The van der Waals surface area contributed by atoms with Crippen LogP contribution in [0.4, 0.5) is 0 Å². The summed E-state index contributed by atoms with van der Waals surface area (Å²) in [6.07, 6.45) is 21.5. The number of nitrogens with two attached hydrogens (primary N) is 1. The fraction of sp³-hybridized carbons (Fsp3) is 1.00. The first-order valence-electron chi connectivity index (χ1n) is 13.5. The maximum absolute atomic E-state index is 5.78. The van der Waals surface area contributed by atoms with E-state index in [1.165, 1.54) is 96.3 Å². The minimum absolute atomic E-state index is 0.224. The summed E-state index contributed by atoms with van der Waals surface area (Å²) in [7, 11) is 0. The van der Waals surface area contributed by atoms with Gasteiger partial charge in [0.05, 0.1) is 0 Å². The van der Waals surface area contributed by atoms with Gasteiger partial charge in [-0.25, -0.2) is 0 Å². The van der Waals surface area contributed by atoms with Gasteiger partial charge in [-0.15, -0.1) is 0 Å². The first-order valence-corrected chi connectivity index (χ1v) is 13.5. The van der Waals surface area contributed by atoms with Gasteiger partial charge in [0.2, 0.25) is 0 Å². The van der Waals surface area contributed by atoms with E-state index in [0.29, 0.717) is 12.1 Å². The predicted molar refractivity (Wildman–Crippen MR) is 136 cm³/mol. The molecule has 4 nitrogen and oxygen atoms in total. The zero-order valence-electron chi connectivity index (χ0n) is 21.2. The molecule has 0 rings (SSSR count). The van der Waals surface area contributed by atoms with Crippen molar-refractivity contribution < 1.29 is 0 Å². The molecule has 0 aromatic rings. The molecular formula is C26H58N4. The van der Waals surface area contributed by atoms with Crippen LogP contribution in [0.3, 0.4) is 0 Å². The Hall–Kier alpha value is -0.160. The molecule has 0 bridgehead atoms. The van der Waals surface area contributed by atoms with E-state index < -0.39 is 0 Å². The minimum Gasteiger partial charge on any atom is -0.327 e. The van der Waals surface area contributed by atoms with E-state index in [2.05, 4.69) is 36.7 Å². The summed E-state index contributed by atoms with van der Waals surface area (Å²) < 4.78 is 0. The van der Waals surface area contributed by atoms with Crippen LogP contribution >= 0.6 is 0 Å². The molecule has 182 valence electrons. The monoisotopic (exact) mass is 426 g/mol. The molecule has 0 aromatic heterocycles. The maximum Gasteiger partial charge on any atom is 0.0164 e. The van der Waals surface area contributed by atoms with Crippen LogP contribution in [-0.4, -0.2) is 44.3 Å². The van der Waals surface area contributed by atoms with Crippen LogP contribution < -0.4 is 21.7 Å². The Kier molecular flexibility index (Phi) is 23.4. The van der Waals surface area contributed by atoms with Gasteiger partial charge in [-0.2, -0.15) is 0 Å². The number of nitrogens with one attached hydrogen (secondary N) is 3. The Labute approximate surface area is 190 Å². The van der Waals surface area contributed by atoms with Gasteiger partial charge < -0.3 is 21.7 Å². The first kappa shape index (κ1) is 29.8. The Morgan fingerprint density at radius 2 is 0.933 bits per heavy atom. The Morgan fingerprint density at radius 3 is 1.40 bits per heavy atom. The molecule has 0 amide bonds. The second-order valence-electron chi connectivity index (χ2n) is 9.75. The largest absolute Gasteiger partial charge is 0.327 e. The highest BCUT2D eigenvalue weighted by atomic mass is 15.0. The van der Waals surface area contributed by atoms with Crippen molar-refractivity contribution in [1.29, 1.82) is 0 Å². The van der Waals surface area contributed by atoms with Crippen molar-refractivity contribution in [2.24, 2.45) is 5.73 Å². The predicted octanol–water partition coefficient (Wildman–Crippen LogP) is 5.75. The van der Waals surface area contributed by atoms with E-state index in [4.69, 9.17) is 5.73 Å². The van der Waals surface area contributed by atoms with Crippen molar-refractivity contribution in [2.75, 3.05) is 26.2 Å². The summed E-state index contributed by atoms with van der Waals surface area (Å²) >= 11 is 0. The van der Waals surface area contributed by atoms with Crippen LogP contribution in [-0.2, 0) is 0 Å². The van der Waals surface area contributed by atoms with E-state index in [9.17, 15) is 0 Å². The van der Waals surface area contributed by atoms with Crippen LogP contribution in [0.25, 0.3) is 0 Å². The van der Waals surface area contributed by atoms with Gasteiger partial charge in [0.25, 0.3) is 0 Å². The van der Waals surface area contributed by atoms with Crippen LogP contribution in [0.5, 0.6) is 0 Å². The van der Waals surface area contributed by atoms with Crippen LogP contribution in [0.2, 0.25) is 0 Å². The molecule has 0 saturated carbocycles. The highest BCUT2D eigenvalue weighted by molar-refractivity contribution is 4.71. The number of hydrogen-bond donors (Lipinski definition) is 4. The zero-order chi connectivity index (χ0) is 22.3. The second kappa shape index (κ2) is 23.5. The summed E-state index contributed by atoms with van der Waals surface area (Å²) in [5.74, 6) is 0. The third-order valence-electron chi connectivity index (χ3n) is 5.97. The normalized spacial score (nSPS) is 14.7. The summed E-state index contributed by atoms with van der Waals surface area (Å²) in [5, 5.41) is 10.7. The maximum atomic E-state index is 5.78. The molecule has 5 N–H and O–H groups in total. The Balaban J connectivity index is 3.20. The van der Waals surface area contributed by atoms with Gasteiger partial charge in [0.1, 0.15) is 0 Å². The lowest BCUT2D eigenvalue weighted by molar-refractivity contribution is 0.435. The topological polar surface area (TPSA) is 62.1 Å². The fourth-order valence-corrected chi connectivity index (χ4v) is 3.85. The third kappa shape index (κ3) is 24.1. The molecule has 30 heavy (non-hydrogen) atoms. The molecule has 0 aliphatic heterocycles. The van der Waals surface area contributed by atoms with Crippen molar-refractivity contribution >= 4 is 0 Å². The quantitative estimate of drug-likeness (QED) is 0.148. The van der Waals surface area contributed by atoms with Crippen molar-refractivity contribution in [3.63, 3.8) is 0 Å². The van der Waals surface area contributed by atoms with Gasteiger partial charge in [-0.3, -0.25) is 0 Å². The van der Waals surface area contributed by atoms with Crippen molar-refractivity contribution in [3.05, 3.63) is 0 Å². The minimum atomic E-state index is 0.224. The lowest BCUT2D eigenvalue weighted by Crippen LogP contribution is -2.45. The molecule has 0 spiro atoms. The Morgan fingerprint density at radius 1 is 0.533 bits per heavy atom. The number of rotatable bonds is 24. The average Bonchev–Trinajstić information content (AvgIpc) is 2.72. The molecule has 3 atom stereocenters. The smallest absolute Gasteiger partial charge is 0.0164 e.